The molecule has 7 nitrogen and oxygen atoms in total. The minimum absolute atomic E-state index is 0.0117. The fourth-order valence-electron chi connectivity index (χ4n) is 1.94. The van der Waals surface area contributed by atoms with Gasteiger partial charge in [0.15, 0.2) is 0 Å². The first kappa shape index (κ1) is 15.0. The molecule has 2 aromatic rings. The van der Waals surface area contributed by atoms with Gasteiger partial charge in [-0.3, -0.25) is 10.1 Å². The van der Waals surface area contributed by atoms with Gasteiger partial charge in [-0.25, -0.2) is 4.79 Å². The number of H-pyrrole nitrogens is 1. The van der Waals surface area contributed by atoms with Gasteiger partial charge < -0.3 is 15.7 Å². The number of carbonyl (C=O) groups excluding carboxylic acids is 1. The van der Waals surface area contributed by atoms with Crippen molar-refractivity contribution in [2.75, 3.05) is 11.9 Å². The maximum atomic E-state index is 11.9. The normalized spacial score (nSPS) is 11.9. The van der Waals surface area contributed by atoms with Gasteiger partial charge in [0, 0.05) is 18.8 Å². The molecule has 1 unspecified atom stereocenters. The number of aromatic amines is 1. The van der Waals surface area contributed by atoms with Crippen molar-refractivity contribution in [2.24, 2.45) is 0 Å². The number of pyridine rings is 1. The molecular formula is C14H19N5O2. The van der Waals surface area contributed by atoms with E-state index < -0.39 is 0 Å². The second-order valence-corrected chi connectivity index (χ2v) is 4.74. The number of aliphatic hydroxyl groups excluding tert-OH is 1. The van der Waals surface area contributed by atoms with Crippen molar-refractivity contribution in [3.63, 3.8) is 0 Å². The van der Waals surface area contributed by atoms with Crippen LogP contribution in [0.1, 0.15) is 19.8 Å². The molecule has 0 aliphatic carbocycles. The number of amides is 2. The van der Waals surface area contributed by atoms with Crippen molar-refractivity contribution in [2.45, 2.75) is 25.8 Å². The lowest BCUT2D eigenvalue weighted by molar-refractivity contribution is 0.245. The van der Waals surface area contributed by atoms with Gasteiger partial charge in [-0.1, -0.05) is 6.07 Å². The Balaban J connectivity index is 1.98. The first-order valence-corrected chi connectivity index (χ1v) is 6.84. The van der Waals surface area contributed by atoms with Gasteiger partial charge in [0.05, 0.1) is 17.6 Å². The summed E-state index contributed by atoms with van der Waals surface area (Å²) in [5.74, 6) is 0. The number of aliphatic hydroxyl groups is 1. The van der Waals surface area contributed by atoms with Crippen molar-refractivity contribution >= 4 is 11.7 Å². The molecular weight excluding hydrogens is 270 g/mol. The minimum Gasteiger partial charge on any atom is -0.396 e. The molecule has 21 heavy (non-hydrogen) atoms. The molecule has 112 valence electrons. The third-order valence-electron chi connectivity index (χ3n) is 2.98. The van der Waals surface area contributed by atoms with E-state index in [-0.39, 0.29) is 18.7 Å². The summed E-state index contributed by atoms with van der Waals surface area (Å²) in [6.45, 7) is 2.02. The second-order valence-electron chi connectivity index (χ2n) is 4.74. The van der Waals surface area contributed by atoms with E-state index in [4.69, 9.17) is 5.11 Å². The van der Waals surface area contributed by atoms with E-state index >= 15 is 0 Å². The molecule has 7 heteroatoms. The smallest absolute Gasteiger partial charge is 0.319 e. The second kappa shape index (κ2) is 7.39. The minimum atomic E-state index is -0.306. The fraction of sp³-hybridized carbons (Fsp3) is 0.357. The Morgan fingerprint density at radius 1 is 1.48 bits per heavy atom. The quantitative estimate of drug-likeness (QED) is 0.650. The Labute approximate surface area is 122 Å². The average Bonchev–Trinajstić information content (AvgIpc) is 2.94. The maximum Gasteiger partial charge on any atom is 0.319 e. The zero-order valence-corrected chi connectivity index (χ0v) is 11.8. The number of anilines is 1. The largest absolute Gasteiger partial charge is 0.396 e. The molecule has 0 aliphatic heterocycles. The predicted molar refractivity (Wildman–Crippen MR) is 79.8 cm³/mol. The summed E-state index contributed by atoms with van der Waals surface area (Å²) in [4.78, 5) is 16.1. The first-order chi connectivity index (χ1) is 10.2. The monoisotopic (exact) mass is 289 g/mol. The number of nitrogens with one attached hydrogen (secondary N) is 3. The number of hydrogen-bond donors (Lipinski definition) is 4. The van der Waals surface area contributed by atoms with E-state index in [0.717, 1.165) is 6.42 Å². The summed E-state index contributed by atoms with van der Waals surface area (Å²) in [7, 11) is 0. The Kier molecular flexibility index (Phi) is 5.28. The van der Waals surface area contributed by atoms with Gasteiger partial charge in [0.2, 0.25) is 0 Å². The fourth-order valence-corrected chi connectivity index (χ4v) is 1.94. The van der Waals surface area contributed by atoms with Crippen LogP contribution in [0.2, 0.25) is 0 Å². The van der Waals surface area contributed by atoms with Gasteiger partial charge in [-0.05, 0) is 31.9 Å². The Hall–Kier alpha value is -2.41. The van der Waals surface area contributed by atoms with E-state index in [1.54, 1.807) is 12.4 Å². The molecule has 0 aromatic carbocycles. The molecule has 0 bridgehead atoms. The van der Waals surface area contributed by atoms with E-state index in [0.29, 0.717) is 23.5 Å². The first-order valence-electron chi connectivity index (χ1n) is 6.84. The molecule has 2 heterocycles. The summed E-state index contributed by atoms with van der Waals surface area (Å²) in [5.41, 5.74) is 1.94. The highest BCUT2D eigenvalue weighted by Gasteiger charge is 2.12. The van der Waals surface area contributed by atoms with Crippen LogP contribution >= 0.6 is 0 Å². The molecule has 0 fully saturated rings. The SMILES string of the molecule is CC(CCCO)NC(=O)Nc1cn[nH]c1-c1ccccn1. The van der Waals surface area contributed by atoms with Crippen molar-refractivity contribution in [1.29, 1.82) is 0 Å². The van der Waals surface area contributed by atoms with E-state index in [2.05, 4.69) is 25.8 Å². The van der Waals surface area contributed by atoms with Gasteiger partial charge in [0.25, 0.3) is 0 Å². The van der Waals surface area contributed by atoms with Crippen LogP contribution in [0.5, 0.6) is 0 Å². The van der Waals surface area contributed by atoms with Gasteiger partial charge >= 0.3 is 6.03 Å². The molecule has 2 rings (SSSR count). The van der Waals surface area contributed by atoms with Crippen LogP contribution in [0, 0.1) is 0 Å². The standard InChI is InChI=1S/C14H19N5O2/c1-10(5-4-8-20)17-14(21)18-12-9-16-19-13(12)11-6-2-3-7-15-11/h2-3,6-7,9-10,20H,4-5,8H2,1H3,(H,16,19)(H2,17,18,21). The molecule has 2 amide bonds. The zero-order valence-electron chi connectivity index (χ0n) is 11.8. The van der Waals surface area contributed by atoms with E-state index in [9.17, 15) is 4.79 Å². The molecule has 1 atom stereocenters. The van der Waals surface area contributed by atoms with Gasteiger partial charge in [0.1, 0.15) is 5.69 Å². The lowest BCUT2D eigenvalue weighted by Gasteiger charge is -2.13. The van der Waals surface area contributed by atoms with Crippen molar-refractivity contribution in [1.82, 2.24) is 20.5 Å². The zero-order chi connectivity index (χ0) is 15.1. The maximum absolute atomic E-state index is 11.9. The summed E-state index contributed by atoms with van der Waals surface area (Å²) in [5, 5.41) is 21.1. The van der Waals surface area contributed by atoms with Crippen molar-refractivity contribution in [3.8, 4) is 11.4 Å². The Morgan fingerprint density at radius 2 is 2.33 bits per heavy atom. The summed E-state index contributed by atoms with van der Waals surface area (Å²) in [6, 6.07) is 5.20. The van der Waals surface area contributed by atoms with Gasteiger partial charge in [-0.15, -0.1) is 0 Å². The summed E-state index contributed by atoms with van der Waals surface area (Å²) in [6.07, 6.45) is 4.60. The van der Waals surface area contributed by atoms with Crippen LogP contribution in [-0.2, 0) is 0 Å². The third kappa shape index (κ3) is 4.28. The summed E-state index contributed by atoms with van der Waals surface area (Å²) >= 11 is 0. The van der Waals surface area contributed by atoms with E-state index in [1.807, 2.05) is 25.1 Å². The highest BCUT2D eigenvalue weighted by molar-refractivity contribution is 5.93. The van der Waals surface area contributed by atoms with E-state index in [1.165, 1.54) is 0 Å². The third-order valence-corrected chi connectivity index (χ3v) is 2.98. The molecule has 4 N–H and O–H groups in total. The van der Waals surface area contributed by atoms with Crippen LogP contribution in [0.25, 0.3) is 11.4 Å². The number of rotatable bonds is 6. The number of nitrogens with zero attached hydrogens (tertiary/aromatic N) is 2. The number of carbonyl (C=O) groups is 1. The van der Waals surface area contributed by atoms with Crippen molar-refractivity contribution < 1.29 is 9.90 Å². The number of aromatic nitrogens is 3. The van der Waals surface area contributed by atoms with Crippen LogP contribution in [0.3, 0.4) is 0 Å². The number of urea groups is 1. The molecule has 0 spiro atoms. The molecule has 0 radical (unpaired) electrons. The molecule has 0 saturated heterocycles. The molecule has 2 aromatic heterocycles. The van der Waals surface area contributed by atoms with Crippen LogP contribution in [0.15, 0.2) is 30.6 Å². The highest BCUT2D eigenvalue weighted by atomic mass is 16.3. The molecule has 0 saturated carbocycles. The highest BCUT2D eigenvalue weighted by Crippen LogP contribution is 2.22. The Bertz CT molecular complexity index is 570. The van der Waals surface area contributed by atoms with Crippen molar-refractivity contribution in [3.05, 3.63) is 30.6 Å². The van der Waals surface area contributed by atoms with Crippen LogP contribution in [-0.4, -0.2) is 39.0 Å². The lowest BCUT2D eigenvalue weighted by Crippen LogP contribution is -2.36. The Morgan fingerprint density at radius 3 is 3.05 bits per heavy atom. The predicted octanol–water partition coefficient (Wildman–Crippen LogP) is 1.75. The van der Waals surface area contributed by atoms with Crippen LogP contribution in [0.4, 0.5) is 10.5 Å². The summed E-state index contributed by atoms with van der Waals surface area (Å²) < 4.78 is 0. The van der Waals surface area contributed by atoms with Gasteiger partial charge in [-0.2, -0.15) is 5.10 Å². The lowest BCUT2D eigenvalue weighted by atomic mass is 10.2. The average molecular weight is 289 g/mol. The number of hydrogen-bond acceptors (Lipinski definition) is 4. The van der Waals surface area contributed by atoms with Crippen LogP contribution < -0.4 is 10.6 Å². The molecule has 0 aliphatic rings. The topological polar surface area (TPSA) is 103 Å².